The predicted molar refractivity (Wildman–Crippen MR) is 143 cm³/mol. The molecule has 3 aromatic rings. The van der Waals surface area contributed by atoms with Gasteiger partial charge in [0.2, 0.25) is 0 Å². The number of aliphatic carboxylic acids is 1. The molecule has 2 aromatic heterocycles. The minimum atomic E-state index is -0.868. The summed E-state index contributed by atoms with van der Waals surface area (Å²) in [6.07, 6.45) is 5.49. The Kier molecular flexibility index (Phi) is 8.16. The number of methoxy groups -OCH3 is 1. The first-order valence-corrected chi connectivity index (χ1v) is 12.6. The fourth-order valence-corrected chi connectivity index (χ4v) is 4.56. The van der Waals surface area contributed by atoms with E-state index in [2.05, 4.69) is 28.7 Å². The molecule has 1 N–H and O–H groups in total. The number of carboxylic acid groups (broad SMARTS) is 1. The molecule has 1 fully saturated rings. The van der Waals surface area contributed by atoms with Crippen LogP contribution in [-0.4, -0.2) is 54.5 Å². The molecule has 4 rings (SSSR count). The molecule has 37 heavy (non-hydrogen) atoms. The van der Waals surface area contributed by atoms with Crippen LogP contribution in [0.15, 0.2) is 48.8 Å². The first-order valence-electron chi connectivity index (χ1n) is 12.6. The lowest BCUT2D eigenvalue weighted by molar-refractivity contribution is -0.136. The zero-order valence-electron chi connectivity index (χ0n) is 22.0. The minimum absolute atomic E-state index is 0.0741. The maximum atomic E-state index is 11.7. The summed E-state index contributed by atoms with van der Waals surface area (Å²) in [6.45, 7) is 8.87. The number of aryl methyl sites for hydroxylation is 1. The summed E-state index contributed by atoms with van der Waals surface area (Å²) in [4.78, 5) is 23.2. The van der Waals surface area contributed by atoms with E-state index in [0.717, 1.165) is 54.1 Å². The predicted octanol–water partition coefficient (Wildman–Crippen LogP) is 5.17. The van der Waals surface area contributed by atoms with Crippen molar-refractivity contribution in [3.63, 3.8) is 0 Å². The molecule has 0 bridgehead atoms. The molecule has 0 spiro atoms. The van der Waals surface area contributed by atoms with Gasteiger partial charge in [-0.3, -0.25) is 14.8 Å². The highest BCUT2D eigenvalue weighted by Crippen LogP contribution is 2.39. The Balaban J connectivity index is 1.50. The molecule has 1 saturated heterocycles. The summed E-state index contributed by atoms with van der Waals surface area (Å²) in [6, 6.07) is 11.2. The van der Waals surface area contributed by atoms with Crippen LogP contribution < -0.4 is 19.1 Å². The molecule has 0 amide bonds. The first kappa shape index (κ1) is 26.3. The fraction of sp³-hybridized carbons (Fsp3) is 0.414. The topological polar surface area (TPSA) is 94.0 Å². The van der Waals surface area contributed by atoms with Crippen LogP contribution in [0.3, 0.4) is 0 Å². The molecule has 196 valence electrons. The highest BCUT2D eigenvalue weighted by Gasteiger charge is 2.29. The second kappa shape index (κ2) is 11.5. The van der Waals surface area contributed by atoms with Crippen LogP contribution in [0, 0.1) is 12.3 Å². The average molecular weight is 506 g/mol. The van der Waals surface area contributed by atoms with Crippen LogP contribution in [0.4, 0.5) is 5.69 Å². The van der Waals surface area contributed by atoms with Gasteiger partial charge in [0.1, 0.15) is 19.0 Å². The standard InChI is InChI=1S/C29H35N3O5/c1-20-22(17-27(33)34)28(32-13-11-29(2,3)12-14-32)23(19-30-20)24-10-9-21(18-31-24)36-15-16-37-26-8-6-5-7-25(26)35-4/h5-10,18-19H,11-17H2,1-4H3,(H,33,34). The lowest BCUT2D eigenvalue weighted by atomic mass is 9.82. The van der Waals surface area contributed by atoms with Gasteiger partial charge in [-0.25, -0.2) is 0 Å². The van der Waals surface area contributed by atoms with E-state index < -0.39 is 5.97 Å². The van der Waals surface area contributed by atoms with Crippen LogP contribution in [0.2, 0.25) is 0 Å². The number of rotatable bonds is 10. The van der Waals surface area contributed by atoms with E-state index in [0.29, 0.717) is 30.5 Å². The molecule has 8 heteroatoms. The zero-order chi connectivity index (χ0) is 26.4. The van der Waals surface area contributed by atoms with Crippen molar-refractivity contribution in [2.45, 2.75) is 40.0 Å². The van der Waals surface area contributed by atoms with Gasteiger partial charge in [-0.2, -0.15) is 0 Å². The maximum absolute atomic E-state index is 11.7. The smallest absolute Gasteiger partial charge is 0.307 e. The summed E-state index contributed by atoms with van der Waals surface area (Å²) in [5.41, 5.74) is 4.26. The maximum Gasteiger partial charge on any atom is 0.307 e. The molecule has 0 saturated carbocycles. The van der Waals surface area contributed by atoms with Crippen molar-refractivity contribution in [3.05, 3.63) is 60.0 Å². The number of piperidine rings is 1. The molecule has 1 aliphatic heterocycles. The summed E-state index contributed by atoms with van der Waals surface area (Å²) in [7, 11) is 1.61. The molecule has 8 nitrogen and oxygen atoms in total. The SMILES string of the molecule is COc1ccccc1OCCOc1ccc(-c2cnc(C)c(CC(=O)O)c2N2CCC(C)(C)CC2)nc1. The quantitative estimate of drug-likeness (QED) is 0.377. The fourth-order valence-electron chi connectivity index (χ4n) is 4.56. The van der Waals surface area contributed by atoms with Crippen LogP contribution in [0.25, 0.3) is 11.3 Å². The monoisotopic (exact) mass is 505 g/mol. The minimum Gasteiger partial charge on any atom is -0.493 e. The summed E-state index contributed by atoms with van der Waals surface area (Å²) in [5, 5.41) is 9.60. The third kappa shape index (κ3) is 6.50. The Labute approximate surface area is 218 Å². The van der Waals surface area contributed by atoms with E-state index >= 15 is 0 Å². The van der Waals surface area contributed by atoms with Crippen LogP contribution >= 0.6 is 0 Å². The Bertz CT molecular complexity index is 1220. The molecule has 0 radical (unpaired) electrons. The van der Waals surface area contributed by atoms with Crippen molar-refractivity contribution in [1.29, 1.82) is 0 Å². The van der Waals surface area contributed by atoms with Gasteiger partial charge >= 0.3 is 5.97 Å². The third-order valence-corrected chi connectivity index (χ3v) is 6.82. The number of hydrogen-bond donors (Lipinski definition) is 1. The number of pyridine rings is 2. The van der Waals surface area contributed by atoms with Gasteiger partial charge in [0.25, 0.3) is 0 Å². The molecule has 0 aliphatic carbocycles. The molecule has 0 unspecified atom stereocenters. The number of para-hydroxylation sites is 2. The van der Waals surface area contributed by atoms with E-state index in [1.54, 1.807) is 19.5 Å². The van der Waals surface area contributed by atoms with Crippen LogP contribution in [0.1, 0.15) is 37.9 Å². The Morgan fingerprint density at radius 1 is 1.00 bits per heavy atom. The molecular formula is C29H35N3O5. The number of hydrogen-bond acceptors (Lipinski definition) is 7. The average Bonchev–Trinajstić information content (AvgIpc) is 2.88. The van der Waals surface area contributed by atoms with Crippen molar-refractivity contribution in [1.82, 2.24) is 9.97 Å². The van der Waals surface area contributed by atoms with E-state index in [1.165, 1.54) is 0 Å². The summed E-state index contributed by atoms with van der Waals surface area (Å²) >= 11 is 0. The van der Waals surface area contributed by atoms with Gasteiger partial charge in [0.05, 0.1) is 31.1 Å². The van der Waals surface area contributed by atoms with Gasteiger partial charge in [-0.05, 0) is 49.4 Å². The van der Waals surface area contributed by atoms with Crippen LogP contribution in [0.5, 0.6) is 17.2 Å². The number of carboxylic acids is 1. The largest absolute Gasteiger partial charge is 0.493 e. The molecule has 3 heterocycles. The van der Waals surface area contributed by atoms with Gasteiger partial charge in [0.15, 0.2) is 11.5 Å². The van der Waals surface area contributed by atoms with Gasteiger partial charge in [0, 0.05) is 36.1 Å². The van der Waals surface area contributed by atoms with Gasteiger partial charge in [-0.1, -0.05) is 26.0 Å². The number of benzene rings is 1. The zero-order valence-corrected chi connectivity index (χ0v) is 22.0. The third-order valence-electron chi connectivity index (χ3n) is 6.82. The van der Waals surface area contributed by atoms with Crippen molar-refractivity contribution in [2.24, 2.45) is 5.41 Å². The highest BCUT2D eigenvalue weighted by atomic mass is 16.5. The number of ether oxygens (including phenoxy) is 3. The second-order valence-corrected chi connectivity index (χ2v) is 10.0. The molecular weight excluding hydrogens is 470 g/mol. The van der Waals surface area contributed by atoms with Crippen molar-refractivity contribution < 1.29 is 24.1 Å². The van der Waals surface area contributed by atoms with Gasteiger partial charge < -0.3 is 24.2 Å². The van der Waals surface area contributed by atoms with E-state index in [1.807, 2.05) is 43.3 Å². The van der Waals surface area contributed by atoms with Gasteiger partial charge in [-0.15, -0.1) is 0 Å². The van der Waals surface area contributed by atoms with E-state index in [-0.39, 0.29) is 11.8 Å². The van der Waals surface area contributed by atoms with Crippen molar-refractivity contribution in [2.75, 3.05) is 38.3 Å². The number of anilines is 1. The van der Waals surface area contributed by atoms with E-state index in [9.17, 15) is 9.90 Å². The Morgan fingerprint density at radius 2 is 1.70 bits per heavy atom. The first-order chi connectivity index (χ1) is 17.8. The number of nitrogens with zero attached hydrogens (tertiary/aromatic N) is 3. The van der Waals surface area contributed by atoms with Crippen molar-refractivity contribution in [3.8, 4) is 28.5 Å². The Morgan fingerprint density at radius 3 is 2.35 bits per heavy atom. The molecule has 1 aliphatic rings. The Hall–Kier alpha value is -3.81. The second-order valence-electron chi connectivity index (χ2n) is 10.0. The van der Waals surface area contributed by atoms with Crippen LogP contribution in [-0.2, 0) is 11.2 Å². The lowest BCUT2D eigenvalue weighted by Gasteiger charge is -2.40. The summed E-state index contributed by atoms with van der Waals surface area (Å²) in [5.74, 6) is 1.10. The normalized spacial score (nSPS) is 14.8. The van der Waals surface area contributed by atoms with Crippen molar-refractivity contribution >= 4 is 11.7 Å². The number of carbonyl (C=O) groups is 1. The summed E-state index contributed by atoms with van der Waals surface area (Å²) < 4.78 is 16.9. The molecule has 0 atom stereocenters. The van der Waals surface area contributed by atoms with E-state index in [4.69, 9.17) is 14.2 Å². The lowest BCUT2D eigenvalue weighted by Crippen LogP contribution is -2.38. The highest BCUT2D eigenvalue weighted by molar-refractivity contribution is 5.83. The number of aromatic nitrogens is 2. The molecule has 1 aromatic carbocycles.